The maximum absolute atomic E-state index is 11.8. The molecule has 6 nitrogen and oxygen atoms in total. The van der Waals surface area contributed by atoms with Crippen LogP contribution in [0.1, 0.15) is 27.6 Å². The summed E-state index contributed by atoms with van der Waals surface area (Å²) in [5.41, 5.74) is 10.4. The van der Waals surface area contributed by atoms with Crippen molar-refractivity contribution in [3.8, 4) is 0 Å². The molecular weight excluding hydrogens is 568 g/mol. The molecule has 0 aliphatic carbocycles. The summed E-state index contributed by atoms with van der Waals surface area (Å²) in [4.78, 5) is 23.5. The van der Waals surface area contributed by atoms with E-state index in [1.54, 1.807) is 0 Å². The normalized spacial score (nSPS) is 11.2. The maximum Gasteiger partial charge on any atom is 0.339 e. The third-order valence-electron chi connectivity index (χ3n) is 2.42. The lowest BCUT2D eigenvalue weighted by Gasteiger charge is -2.14. The van der Waals surface area contributed by atoms with Gasteiger partial charge in [-0.15, -0.1) is 0 Å². The Morgan fingerprint density at radius 2 is 1.17 bits per heavy atom. The third kappa shape index (κ3) is 6.09. The summed E-state index contributed by atoms with van der Waals surface area (Å²) in [6.45, 7) is 2.46. The number of esters is 2. The molecule has 0 bridgehead atoms. The van der Waals surface area contributed by atoms with Gasteiger partial charge in [0.25, 0.3) is 0 Å². The van der Waals surface area contributed by atoms with Gasteiger partial charge in [0.05, 0.1) is 25.3 Å². The van der Waals surface area contributed by atoms with Crippen LogP contribution in [0.3, 0.4) is 0 Å². The van der Waals surface area contributed by atoms with Crippen molar-refractivity contribution in [3.05, 3.63) is 29.0 Å². The van der Waals surface area contributed by atoms with Gasteiger partial charge in [0.2, 0.25) is 0 Å². The van der Waals surface area contributed by atoms with Gasteiger partial charge in [0.15, 0.2) is 0 Å². The Morgan fingerprint density at radius 3 is 1.35 bits per heavy atom. The van der Waals surface area contributed by atoms with E-state index in [1.807, 2.05) is 6.92 Å². The molecule has 0 saturated carbocycles. The molecule has 1 aromatic carbocycles. The molecule has 10 heteroatoms. The molecule has 4 N–H and O–H groups in total. The van der Waals surface area contributed by atoms with E-state index < -0.39 is 11.9 Å². The van der Waals surface area contributed by atoms with Crippen LogP contribution in [0.15, 0.2) is 17.9 Å². The van der Waals surface area contributed by atoms with E-state index in [0.717, 1.165) is 0 Å². The van der Waals surface area contributed by atoms with E-state index in [0.29, 0.717) is 24.4 Å². The van der Waals surface area contributed by atoms with E-state index in [4.69, 9.17) is 11.5 Å². The van der Waals surface area contributed by atoms with Gasteiger partial charge in [-0.25, -0.2) is 9.59 Å². The van der Waals surface area contributed by atoms with Crippen LogP contribution in [-0.4, -0.2) is 38.7 Å². The summed E-state index contributed by atoms with van der Waals surface area (Å²) in [5.74, 6) is -1.28. The van der Waals surface area contributed by atoms with Crippen LogP contribution in [0, 0.1) is 0 Å². The Morgan fingerprint density at radius 1 is 0.913 bits per heavy atom. The van der Waals surface area contributed by atoms with Gasteiger partial charge >= 0.3 is 11.9 Å². The van der Waals surface area contributed by atoms with Gasteiger partial charge in [0, 0.05) is 30.5 Å². The molecule has 0 heterocycles. The van der Waals surface area contributed by atoms with Crippen LogP contribution >= 0.6 is 63.7 Å². The summed E-state index contributed by atoms with van der Waals surface area (Å²) in [5, 5.41) is 0. The number of carbonyl (C=O) groups excluding carboxylic acids is 2. The number of benzene rings is 1. The predicted octanol–water partition coefficient (Wildman–Crippen LogP) is 3.60. The van der Waals surface area contributed by atoms with Crippen molar-refractivity contribution in [1.29, 1.82) is 0 Å². The molecule has 130 valence electrons. The molecule has 0 saturated heterocycles. The number of methoxy groups -OCH3 is 2. The lowest BCUT2D eigenvalue weighted by Crippen LogP contribution is -2.25. The van der Waals surface area contributed by atoms with Crippen molar-refractivity contribution in [2.75, 3.05) is 20.8 Å². The largest absolute Gasteiger partial charge is 0.465 e. The fraction of sp³-hybridized carbons (Fsp3) is 0.385. The van der Waals surface area contributed by atoms with Gasteiger partial charge in [-0.3, -0.25) is 0 Å². The number of rotatable bonds is 3. The Bertz CT molecular complexity index is 547. The quantitative estimate of drug-likeness (QED) is 0.320. The second kappa shape index (κ2) is 10.8. The van der Waals surface area contributed by atoms with Gasteiger partial charge in [-0.2, -0.15) is 0 Å². The van der Waals surface area contributed by atoms with Crippen LogP contribution in [0.25, 0.3) is 0 Å². The highest BCUT2D eigenvalue weighted by atomic mass is 79.9. The molecule has 1 aromatic rings. The van der Waals surface area contributed by atoms with Crippen LogP contribution in [-0.2, 0) is 9.47 Å². The minimum Gasteiger partial charge on any atom is -0.465 e. The van der Waals surface area contributed by atoms with E-state index in [-0.39, 0.29) is 17.2 Å². The second-order valence-electron chi connectivity index (χ2n) is 4.20. The maximum atomic E-state index is 11.8. The third-order valence-corrected chi connectivity index (χ3v) is 7.19. The molecule has 0 aliphatic rings. The topological polar surface area (TPSA) is 105 Å². The first-order valence-corrected chi connectivity index (χ1v) is 9.29. The summed E-state index contributed by atoms with van der Waals surface area (Å²) in [6.07, 6.45) is 0. The highest BCUT2D eigenvalue weighted by Crippen LogP contribution is 2.42. The van der Waals surface area contributed by atoms with Crippen molar-refractivity contribution >= 4 is 75.7 Å². The second-order valence-corrected chi connectivity index (χ2v) is 7.37. The van der Waals surface area contributed by atoms with Crippen molar-refractivity contribution in [3.63, 3.8) is 0 Å². The van der Waals surface area contributed by atoms with Crippen molar-refractivity contribution in [2.24, 2.45) is 11.5 Å². The van der Waals surface area contributed by atoms with Crippen molar-refractivity contribution in [1.82, 2.24) is 0 Å². The van der Waals surface area contributed by atoms with E-state index >= 15 is 0 Å². The fourth-order valence-corrected chi connectivity index (χ4v) is 3.66. The zero-order valence-electron chi connectivity index (χ0n) is 12.6. The smallest absolute Gasteiger partial charge is 0.339 e. The first-order chi connectivity index (χ1) is 10.6. The van der Waals surface area contributed by atoms with Crippen molar-refractivity contribution in [2.45, 2.75) is 13.0 Å². The fourth-order valence-electron chi connectivity index (χ4n) is 1.22. The number of hydrogen-bond acceptors (Lipinski definition) is 6. The predicted molar refractivity (Wildman–Crippen MR) is 103 cm³/mol. The molecule has 0 radical (unpaired) electrons. The average Bonchev–Trinajstić information content (AvgIpc) is 2.54. The molecule has 0 aromatic heterocycles. The standard InChI is InChI=1S/C10H6Br4O4.C3H10N2/c1-17-9(15)3-4(10(16)18-2)6(12)8(14)7(13)5(3)11;1-3(5)2-4/h1-2H3;3H,2,4-5H2,1H3. The van der Waals surface area contributed by atoms with E-state index in [2.05, 4.69) is 73.2 Å². The number of ether oxygens (including phenoxy) is 2. The van der Waals surface area contributed by atoms with Crippen LogP contribution in [0.5, 0.6) is 0 Å². The van der Waals surface area contributed by atoms with E-state index in [9.17, 15) is 9.59 Å². The summed E-state index contributed by atoms with van der Waals surface area (Å²) >= 11 is 13.1. The molecule has 1 unspecified atom stereocenters. The SMILES string of the molecule is CC(N)CN.COC(=O)c1c(Br)c(Br)c(Br)c(Br)c1C(=O)OC. The number of nitrogens with two attached hydrogens (primary N) is 2. The van der Waals surface area contributed by atoms with Crippen molar-refractivity contribution < 1.29 is 19.1 Å². The molecule has 0 fully saturated rings. The van der Waals surface area contributed by atoms with Gasteiger partial charge in [0.1, 0.15) is 0 Å². The lowest BCUT2D eigenvalue weighted by atomic mass is 10.1. The first-order valence-electron chi connectivity index (χ1n) is 6.12. The Labute approximate surface area is 168 Å². The highest BCUT2D eigenvalue weighted by molar-refractivity contribution is 9.15. The molecule has 23 heavy (non-hydrogen) atoms. The molecule has 0 amide bonds. The molecule has 0 aliphatic heterocycles. The summed E-state index contributed by atoms with van der Waals surface area (Å²) in [7, 11) is 2.47. The number of carbonyl (C=O) groups is 2. The average molecular weight is 584 g/mol. The molecular formula is C13H16Br4N2O4. The minimum absolute atomic E-state index is 0.0892. The Hall–Kier alpha value is -0.000000000000000222. The first kappa shape index (κ1) is 23.0. The molecule has 1 atom stereocenters. The zero-order chi connectivity index (χ0) is 18.3. The molecule has 1 rings (SSSR count). The van der Waals surface area contributed by atoms with E-state index in [1.165, 1.54) is 14.2 Å². The Balaban J connectivity index is 0.000000841. The zero-order valence-corrected chi connectivity index (χ0v) is 18.9. The van der Waals surface area contributed by atoms with Gasteiger partial charge in [-0.1, -0.05) is 0 Å². The highest BCUT2D eigenvalue weighted by Gasteiger charge is 2.28. The Kier molecular flexibility index (Phi) is 10.8. The number of hydrogen-bond donors (Lipinski definition) is 2. The van der Waals surface area contributed by atoms with Crippen LogP contribution < -0.4 is 11.5 Å². The molecule has 0 spiro atoms. The van der Waals surface area contributed by atoms with Gasteiger partial charge < -0.3 is 20.9 Å². The van der Waals surface area contributed by atoms with Crippen LogP contribution in [0.2, 0.25) is 0 Å². The summed E-state index contributed by atoms with van der Waals surface area (Å²) in [6, 6.07) is 0.162. The van der Waals surface area contributed by atoms with Gasteiger partial charge in [-0.05, 0) is 70.6 Å². The van der Waals surface area contributed by atoms with Crippen LogP contribution in [0.4, 0.5) is 0 Å². The summed E-state index contributed by atoms with van der Waals surface area (Å²) < 4.78 is 11.3. The monoisotopic (exact) mass is 580 g/mol. The minimum atomic E-state index is -0.642. The lowest BCUT2D eigenvalue weighted by molar-refractivity contribution is 0.0553. The number of halogens is 4.